The minimum absolute atomic E-state index is 0.185. The third-order valence-corrected chi connectivity index (χ3v) is 3.99. The van der Waals surface area contributed by atoms with Crippen LogP contribution in [0, 0.1) is 19.8 Å². The van der Waals surface area contributed by atoms with E-state index in [2.05, 4.69) is 42.7 Å². The Labute approximate surface area is 115 Å². The van der Waals surface area contributed by atoms with Gasteiger partial charge in [0, 0.05) is 13.0 Å². The van der Waals surface area contributed by atoms with Crippen molar-refractivity contribution in [2.24, 2.45) is 5.92 Å². The molecule has 0 spiro atoms. The summed E-state index contributed by atoms with van der Waals surface area (Å²) in [5.41, 5.74) is 3.76. The Hall–Kier alpha value is -1.35. The van der Waals surface area contributed by atoms with E-state index in [0.717, 1.165) is 25.9 Å². The summed E-state index contributed by atoms with van der Waals surface area (Å²) in [4.78, 5) is 11.9. The van der Waals surface area contributed by atoms with E-state index in [1.165, 1.54) is 16.7 Å². The molecule has 2 rings (SSSR count). The molecule has 1 saturated heterocycles. The number of carbonyl (C=O) groups is 1. The van der Waals surface area contributed by atoms with E-state index < -0.39 is 0 Å². The first-order chi connectivity index (χ1) is 9.15. The SMILES string of the molecule is Cc1ccc(CNC(=O)CC2CCNCC2)cc1C. The lowest BCUT2D eigenvalue weighted by Gasteiger charge is -2.21. The van der Waals surface area contributed by atoms with Gasteiger partial charge in [-0.1, -0.05) is 18.2 Å². The van der Waals surface area contributed by atoms with Gasteiger partial charge in [-0.05, 0) is 62.4 Å². The standard InChI is InChI=1S/C16H24N2O/c1-12-3-4-15(9-13(12)2)11-18-16(19)10-14-5-7-17-8-6-14/h3-4,9,14,17H,5-8,10-11H2,1-2H3,(H,18,19). The van der Waals surface area contributed by atoms with Crippen molar-refractivity contribution >= 4 is 5.91 Å². The molecule has 1 aliphatic rings. The van der Waals surface area contributed by atoms with Gasteiger partial charge < -0.3 is 10.6 Å². The van der Waals surface area contributed by atoms with Gasteiger partial charge in [-0.2, -0.15) is 0 Å². The predicted octanol–water partition coefficient (Wildman–Crippen LogP) is 2.31. The second kappa shape index (κ2) is 6.71. The van der Waals surface area contributed by atoms with Crippen molar-refractivity contribution in [1.29, 1.82) is 0 Å². The van der Waals surface area contributed by atoms with Crippen LogP contribution in [0.2, 0.25) is 0 Å². The summed E-state index contributed by atoms with van der Waals surface area (Å²) in [5.74, 6) is 0.742. The highest BCUT2D eigenvalue weighted by atomic mass is 16.1. The zero-order chi connectivity index (χ0) is 13.7. The molecule has 0 saturated carbocycles. The zero-order valence-electron chi connectivity index (χ0n) is 12.0. The van der Waals surface area contributed by atoms with Crippen molar-refractivity contribution < 1.29 is 4.79 Å². The van der Waals surface area contributed by atoms with E-state index >= 15 is 0 Å². The van der Waals surface area contributed by atoms with Gasteiger partial charge in [0.1, 0.15) is 0 Å². The summed E-state index contributed by atoms with van der Waals surface area (Å²) in [5, 5.41) is 6.36. The first-order valence-electron chi connectivity index (χ1n) is 7.18. The molecule has 1 aromatic rings. The van der Waals surface area contributed by atoms with Gasteiger partial charge in [0.05, 0.1) is 0 Å². The largest absolute Gasteiger partial charge is 0.352 e. The Morgan fingerprint density at radius 1 is 1.26 bits per heavy atom. The van der Waals surface area contributed by atoms with Crippen molar-refractivity contribution in [3.8, 4) is 0 Å². The Morgan fingerprint density at radius 3 is 2.68 bits per heavy atom. The van der Waals surface area contributed by atoms with Gasteiger partial charge in [0.15, 0.2) is 0 Å². The van der Waals surface area contributed by atoms with Crippen molar-refractivity contribution in [2.75, 3.05) is 13.1 Å². The van der Waals surface area contributed by atoms with E-state index in [-0.39, 0.29) is 5.91 Å². The maximum atomic E-state index is 11.9. The number of piperidine rings is 1. The minimum Gasteiger partial charge on any atom is -0.352 e. The number of hydrogen-bond donors (Lipinski definition) is 2. The number of aryl methyl sites for hydroxylation is 2. The van der Waals surface area contributed by atoms with Gasteiger partial charge in [0.2, 0.25) is 5.91 Å². The average Bonchev–Trinajstić information content (AvgIpc) is 2.41. The molecule has 0 radical (unpaired) electrons. The molecule has 1 aliphatic heterocycles. The van der Waals surface area contributed by atoms with Crippen LogP contribution in [0.5, 0.6) is 0 Å². The topological polar surface area (TPSA) is 41.1 Å². The van der Waals surface area contributed by atoms with Gasteiger partial charge in [-0.15, -0.1) is 0 Å². The third kappa shape index (κ3) is 4.35. The maximum Gasteiger partial charge on any atom is 0.220 e. The summed E-state index contributed by atoms with van der Waals surface area (Å²) < 4.78 is 0. The molecule has 1 aromatic carbocycles. The molecule has 104 valence electrons. The molecule has 0 atom stereocenters. The molecule has 0 aliphatic carbocycles. The van der Waals surface area contributed by atoms with Crippen molar-refractivity contribution in [3.63, 3.8) is 0 Å². The van der Waals surface area contributed by atoms with Crippen molar-refractivity contribution in [3.05, 3.63) is 34.9 Å². The number of hydrogen-bond acceptors (Lipinski definition) is 2. The summed E-state index contributed by atoms with van der Waals surface area (Å²) >= 11 is 0. The molecule has 0 aromatic heterocycles. The first kappa shape index (κ1) is 14.1. The number of carbonyl (C=O) groups excluding carboxylic acids is 1. The van der Waals surface area contributed by atoms with Gasteiger partial charge in [0.25, 0.3) is 0 Å². The van der Waals surface area contributed by atoms with Gasteiger partial charge in [-0.25, -0.2) is 0 Å². The second-order valence-corrected chi connectivity index (χ2v) is 5.59. The van der Waals surface area contributed by atoms with E-state index in [1.807, 2.05) is 0 Å². The lowest BCUT2D eigenvalue weighted by Crippen LogP contribution is -2.32. The van der Waals surface area contributed by atoms with Gasteiger partial charge in [-0.3, -0.25) is 4.79 Å². The summed E-state index contributed by atoms with van der Waals surface area (Å²) in [6.07, 6.45) is 2.92. The molecule has 2 N–H and O–H groups in total. The molecule has 1 amide bonds. The molecule has 0 unspecified atom stereocenters. The van der Waals surface area contributed by atoms with Gasteiger partial charge >= 0.3 is 0 Å². The Kier molecular flexibility index (Phi) is 4.97. The summed E-state index contributed by atoms with van der Waals surface area (Å²) in [7, 11) is 0. The lowest BCUT2D eigenvalue weighted by molar-refractivity contribution is -0.122. The van der Waals surface area contributed by atoms with E-state index in [0.29, 0.717) is 18.9 Å². The molecule has 19 heavy (non-hydrogen) atoms. The number of nitrogens with one attached hydrogen (secondary N) is 2. The van der Waals surface area contributed by atoms with E-state index in [4.69, 9.17) is 0 Å². The minimum atomic E-state index is 0.185. The van der Waals surface area contributed by atoms with Crippen LogP contribution in [0.3, 0.4) is 0 Å². The van der Waals surface area contributed by atoms with Crippen molar-refractivity contribution in [1.82, 2.24) is 10.6 Å². The molecule has 1 fully saturated rings. The highest BCUT2D eigenvalue weighted by Gasteiger charge is 2.16. The molecule has 1 heterocycles. The van der Waals surface area contributed by atoms with Crippen LogP contribution >= 0.6 is 0 Å². The second-order valence-electron chi connectivity index (χ2n) is 5.59. The normalized spacial score (nSPS) is 16.3. The van der Waals surface area contributed by atoms with Crippen LogP contribution in [0.25, 0.3) is 0 Å². The smallest absolute Gasteiger partial charge is 0.220 e. The fraction of sp³-hybridized carbons (Fsp3) is 0.562. The van der Waals surface area contributed by atoms with Crippen LogP contribution in [-0.4, -0.2) is 19.0 Å². The van der Waals surface area contributed by atoms with E-state index in [9.17, 15) is 4.79 Å². The van der Waals surface area contributed by atoms with Crippen LogP contribution in [0.1, 0.15) is 36.0 Å². The van der Waals surface area contributed by atoms with Crippen molar-refractivity contribution in [2.45, 2.75) is 39.7 Å². The molecular formula is C16H24N2O. The maximum absolute atomic E-state index is 11.9. The number of amides is 1. The average molecular weight is 260 g/mol. The molecular weight excluding hydrogens is 236 g/mol. The zero-order valence-corrected chi connectivity index (χ0v) is 12.0. The number of benzene rings is 1. The molecule has 3 heteroatoms. The summed E-state index contributed by atoms with van der Waals surface area (Å²) in [6.45, 7) is 6.96. The lowest BCUT2D eigenvalue weighted by atomic mass is 9.94. The Bertz CT molecular complexity index is 436. The monoisotopic (exact) mass is 260 g/mol. The highest BCUT2D eigenvalue weighted by Crippen LogP contribution is 2.15. The fourth-order valence-corrected chi connectivity index (χ4v) is 2.53. The van der Waals surface area contributed by atoms with Crippen LogP contribution in [-0.2, 0) is 11.3 Å². The molecule has 3 nitrogen and oxygen atoms in total. The Morgan fingerprint density at radius 2 is 2.00 bits per heavy atom. The van der Waals surface area contributed by atoms with Crippen LogP contribution < -0.4 is 10.6 Å². The van der Waals surface area contributed by atoms with E-state index in [1.54, 1.807) is 0 Å². The quantitative estimate of drug-likeness (QED) is 0.872. The highest BCUT2D eigenvalue weighted by molar-refractivity contribution is 5.76. The first-order valence-corrected chi connectivity index (χ1v) is 7.18. The Balaban J connectivity index is 1.77. The fourth-order valence-electron chi connectivity index (χ4n) is 2.53. The van der Waals surface area contributed by atoms with Crippen LogP contribution in [0.15, 0.2) is 18.2 Å². The summed E-state index contributed by atoms with van der Waals surface area (Å²) in [6, 6.07) is 6.36. The predicted molar refractivity (Wildman–Crippen MR) is 78.0 cm³/mol. The number of rotatable bonds is 4. The van der Waals surface area contributed by atoms with Crippen LogP contribution in [0.4, 0.5) is 0 Å². The molecule has 0 bridgehead atoms. The third-order valence-electron chi connectivity index (χ3n) is 3.99.